The number of benzene rings is 1. The van der Waals surface area contributed by atoms with Gasteiger partial charge in [0.15, 0.2) is 0 Å². The third-order valence-corrected chi connectivity index (χ3v) is 4.85. The van der Waals surface area contributed by atoms with Crippen LogP contribution in [0.5, 0.6) is 0 Å². The molecule has 1 N–H and O–H groups in total. The zero-order valence-corrected chi connectivity index (χ0v) is 13.5. The lowest BCUT2D eigenvalue weighted by Gasteiger charge is -2.13. The molecule has 1 amide bonds. The van der Waals surface area contributed by atoms with Crippen molar-refractivity contribution in [2.24, 2.45) is 0 Å². The van der Waals surface area contributed by atoms with Gasteiger partial charge in [-0.3, -0.25) is 4.79 Å². The molecule has 0 fully saturated rings. The first kappa shape index (κ1) is 17.9. The Morgan fingerprint density at radius 2 is 1.90 bits per heavy atom. The second kappa shape index (κ2) is 6.29. The molecule has 0 aliphatic rings. The molecule has 0 radical (unpaired) electrons. The van der Waals surface area contributed by atoms with E-state index in [1.807, 2.05) is 0 Å². The Hall–Kier alpha value is -1.19. The fourth-order valence-electron chi connectivity index (χ4n) is 1.63. The average molecular weight is 358 g/mol. The normalized spacial score (nSPS) is 13.7. The molecule has 0 aromatic heterocycles. The number of hydrogen-bond donors (Lipinski definition) is 1. The van der Waals surface area contributed by atoms with Crippen LogP contribution < -0.4 is 5.32 Å². The van der Waals surface area contributed by atoms with E-state index < -0.39 is 47.1 Å². The molecule has 0 bridgehead atoms. The summed E-state index contributed by atoms with van der Waals surface area (Å²) in [6, 6.07) is 1.75. The van der Waals surface area contributed by atoms with Crippen molar-refractivity contribution in [1.82, 2.24) is 5.32 Å². The number of carbonyl (C=O) groups is 1. The fraction of sp³-hybridized carbons (Fsp3) is 0.364. The van der Waals surface area contributed by atoms with E-state index in [4.69, 9.17) is 10.7 Å². The molecule has 0 aliphatic carbocycles. The zero-order chi connectivity index (χ0) is 16.4. The SMILES string of the molecule is CC(CS(C)(=O)=O)NC(=O)c1cc(S(=O)(=O)Cl)ccc1F. The highest BCUT2D eigenvalue weighted by Crippen LogP contribution is 2.18. The van der Waals surface area contributed by atoms with E-state index in [2.05, 4.69) is 5.32 Å². The van der Waals surface area contributed by atoms with E-state index in [0.717, 1.165) is 24.5 Å². The predicted octanol–water partition coefficient (Wildman–Crippen LogP) is 0.916. The van der Waals surface area contributed by atoms with Gasteiger partial charge in [0.05, 0.1) is 16.2 Å². The Morgan fingerprint density at radius 1 is 1.33 bits per heavy atom. The second-order valence-corrected chi connectivity index (χ2v) is 9.30. The summed E-state index contributed by atoms with van der Waals surface area (Å²) in [6.07, 6.45) is 0.997. The summed E-state index contributed by atoms with van der Waals surface area (Å²) < 4.78 is 58.1. The summed E-state index contributed by atoms with van der Waals surface area (Å²) in [4.78, 5) is 11.4. The first-order valence-electron chi connectivity index (χ1n) is 5.63. The number of amides is 1. The lowest BCUT2D eigenvalue weighted by Crippen LogP contribution is -2.37. The van der Waals surface area contributed by atoms with Gasteiger partial charge in [0, 0.05) is 23.0 Å². The monoisotopic (exact) mass is 357 g/mol. The summed E-state index contributed by atoms with van der Waals surface area (Å²) >= 11 is 0. The van der Waals surface area contributed by atoms with Crippen molar-refractivity contribution in [2.75, 3.05) is 12.0 Å². The third kappa shape index (κ3) is 5.60. The fourth-order valence-corrected chi connectivity index (χ4v) is 3.40. The molecule has 0 aliphatic heterocycles. The standard InChI is InChI=1S/C11H13ClFNO5S2/c1-7(6-20(2,16)17)14-11(15)9-5-8(21(12,18)19)3-4-10(9)13/h3-5,7H,6H2,1-2H3,(H,14,15). The maximum absolute atomic E-state index is 13.6. The summed E-state index contributed by atoms with van der Waals surface area (Å²) in [5.41, 5.74) is -0.530. The molecule has 0 saturated carbocycles. The summed E-state index contributed by atoms with van der Waals surface area (Å²) in [7, 11) is -2.30. The maximum atomic E-state index is 13.6. The highest BCUT2D eigenvalue weighted by molar-refractivity contribution is 8.13. The molecule has 0 spiro atoms. The Morgan fingerprint density at radius 3 is 2.38 bits per heavy atom. The van der Waals surface area contributed by atoms with E-state index in [1.54, 1.807) is 0 Å². The van der Waals surface area contributed by atoms with Crippen LogP contribution in [-0.2, 0) is 18.9 Å². The van der Waals surface area contributed by atoms with E-state index in [0.29, 0.717) is 0 Å². The van der Waals surface area contributed by atoms with Gasteiger partial charge in [0.25, 0.3) is 15.0 Å². The van der Waals surface area contributed by atoms with Crippen LogP contribution in [0.15, 0.2) is 23.1 Å². The van der Waals surface area contributed by atoms with Crippen molar-refractivity contribution in [1.29, 1.82) is 0 Å². The molecule has 10 heteroatoms. The van der Waals surface area contributed by atoms with E-state index in [-0.39, 0.29) is 5.75 Å². The minimum atomic E-state index is -4.10. The molecular weight excluding hydrogens is 345 g/mol. The summed E-state index contributed by atoms with van der Waals surface area (Å²) in [5.74, 6) is -2.19. The van der Waals surface area contributed by atoms with Gasteiger partial charge in [-0.25, -0.2) is 21.2 Å². The number of carbonyl (C=O) groups excluding carboxylic acids is 1. The topological polar surface area (TPSA) is 97.4 Å². The quantitative estimate of drug-likeness (QED) is 0.790. The minimum absolute atomic E-state index is 0.326. The van der Waals surface area contributed by atoms with Crippen molar-refractivity contribution in [2.45, 2.75) is 17.9 Å². The Balaban J connectivity index is 3.03. The van der Waals surface area contributed by atoms with Crippen LogP contribution >= 0.6 is 10.7 Å². The summed E-state index contributed by atoms with van der Waals surface area (Å²) in [6.45, 7) is 1.43. The van der Waals surface area contributed by atoms with Crippen molar-refractivity contribution >= 4 is 35.5 Å². The molecular formula is C11H13ClFNO5S2. The molecule has 21 heavy (non-hydrogen) atoms. The molecule has 1 rings (SSSR count). The lowest BCUT2D eigenvalue weighted by atomic mass is 10.2. The van der Waals surface area contributed by atoms with Crippen LogP contribution in [0.3, 0.4) is 0 Å². The van der Waals surface area contributed by atoms with E-state index in [9.17, 15) is 26.0 Å². The second-order valence-electron chi connectivity index (χ2n) is 4.55. The predicted molar refractivity (Wildman–Crippen MR) is 76.1 cm³/mol. The summed E-state index contributed by atoms with van der Waals surface area (Å²) in [5, 5.41) is 2.28. The third-order valence-electron chi connectivity index (χ3n) is 2.39. The molecule has 1 aromatic carbocycles. The first-order valence-corrected chi connectivity index (χ1v) is 10.00. The van der Waals surface area contributed by atoms with Crippen LogP contribution in [0, 0.1) is 5.82 Å². The molecule has 118 valence electrons. The van der Waals surface area contributed by atoms with Gasteiger partial charge in [-0.1, -0.05) is 0 Å². The minimum Gasteiger partial charge on any atom is -0.348 e. The number of hydrogen-bond acceptors (Lipinski definition) is 5. The smallest absolute Gasteiger partial charge is 0.261 e. The van der Waals surface area contributed by atoms with Gasteiger partial charge < -0.3 is 5.32 Å². The highest BCUT2D eigenvalue weighted by Gasteiger charge is 2.20. The van der Waals surface area contributed by atoms with Crippen molar-refractivity contribution in [3.63, 3.8) is 0 Å². The zero-order valence-electron chi connectivity index (χ0n) is 11.1. The maximum Gasteiger partial charge on any atom is 0.261 e. The van der Waals surface area contributed by atoms with Crippen LogP contribution in [0.25, 0.3) is 0 Å². The molecule has 0 saturated heterocycles. The van der Waals surface area contributed by atoms with Gasteiger partial charge in [0.2, 0.25) is 0 Å². The van der Waals surface area contributed by atoms with Gasteiger partial charge in [0.1, 0.15) is 15.7 Å². The van der Waals surface area contributed by atoms with E-state index >= 15 is 0 Å². The number of rotatable bonds is 5. The van der Waals surface area contributed by atoms with Gasteiger partial charge in [-0.15, -0.1) is 0 Å². The van der Waals surface area contributed by atoms with Crippen LogP contribution in [0.1, 0.15) is 17.3 Å². The Labute approximate surface area is 126 Å². The average Bonchev–Trinajstić information content (AvgIpc) is 2.24. The van der Waals surface area contributed by atoms with Crippen LogP contribution in [-0.4, -0.2) is 40.8 Å². The Bertz CT molecular complexity index is 761. The molecule has 6 nitrogen and oxygen atoms in total. The van der Waals surface area contributed by atoms with Gasteiger partial charge in [-0.2, -0.15) is 0 Å². The molecule has 1 unspecified atom stereocenters. The largest absolute Gasteiger partial charge is 0.348 e. The van der Waals surface area contributed by atoms with Crippen LogP contribution in [0.2, 0.25) is 0 Å². The molecule has 0 heterocycles. The number of nitrogens with one attached hydrogen (secondary N) is 1. The van der Waals surface area contributed by atoms with E-state index in [1.165, 1.54) is 6.92 Å². The van der Waals surface area contributed by atoms with Crippen LogP contribution in [0.4, 0.5) is 4.39 Å². The first-order chi connectivity index (χ1) is 9.40. The molecule has 1 atom stereocenters. The molecule has 1 aromatic rings. The van der Waals surface area contributed by atoms with Crippen molar-refractivity contribution in [3.8, 4) is 0 Å². The highest BCUT2D eigenvalue weighted by atomic mass is 35.7. The van der Waals surface area contributed by atoms with Gasteiger partial charge in [-0.05, 0) is 25.1 Å². The number of halogens is 2. The lowest BCUT2D eigenvalue weighted by molar-refractivity contribution is 0.0939. The van der Waals surface area contributed by atoms with Crippen molar-refractivity contribution < 1.29 is 26.0 Å². The Kier molecular flexibility index (Phi) is 5.35. The van der Waals surface area contributed by atoms with Gasteiger partial charge >= 0.3 is 0 Å². The van der Waals surface area contributed by atoms with Crippen molar-refractivity contribution in [3.05, 3.63) is 29.6 Å². The number of sulfone groups is 1.